The van der Waals surface area contributed by atoms with Crippen molar-refractivity contribution >= 4 is 17.7 Å². The first-order valence-electron chi connectivity index (χ1n) is 14.0. The summed E-state index contributed by atoms with van der Waals surface area (Å²) in [6.07, 6.45) is 10.2. The third-order valence-corrected chi connectivity index (χ3v) is 11.5. The summed E-state index contributed by atoms with van der Waals surface area (Å²) in [6, 6.07) is 0. The molecule has 0 aromatic rings. The highest BCUT2D eigenvalue weighted by Crippen LogP contribution is 2.83. The minimum Gasteiger partial charge on any atom is -0.545 e. The van der Waals surface area contributed by atoms with Crippen LogP contribution in [0.3, 0.4) is 0 Å². The Hall–Kier alpha value is -2.07. The fourth-order valence-corrected chi connectivity index (χ4v) is 10.5. The quantitative estimate of drug-likeness (QED) is 0.128. The van der Waals surface area contributed by atoms with Gasteiger partial charge in [-0.2, -0.15) is 0 Å². The molecule has 0 amide bonds. The van der Waals surface area contributed by atoms with Crippen LogP contribution in [0.4, 0.5) is 0 Å². The summed E-state index contributed by atoms with van der Waals surface area (Å²) in [4.78, 5) is 32.0. The smallest absolute Gasteiger partial charge is 0.293 e. The number of hydrogen-bond donors (Lipinski definition) is 5. The number of aliphatic hydroxyl groups excluding tert-OH is 1. The number of nitrogens with one attached hydrogen (secondary N) is 2. The van der Waals surface area contributed by atoms with Gasteiger partial charge >= 0.3 is 0 Å². The Bertz CT molecular complexity index is 1120. The summed E-state index contributed by atoms with van der Waals surface area (Å²) < 4.78 is 0. The van der Waals surface area contributed by atoms with Gasteiger partial charge in [0.1, 0.15) is 0 Å². The number of likely N-dealkylation sites (tertiary alicyclic amines) is 1. The number of carboxylic acid groups (broad SMARTS) is 1. The Labute approximate surface area is 217 Å². The number of carbonyl (C=O) groups is 2. The fraction of sp³-hybridized carbons (Fsp3) is 0.750. The molecule has 202 valence electrons. The molecule has 3 bridgehead atoms. The second-order valence-electron chi connectivity index (χ2n) is 12.4. The zero-order valence-corrected chi connectivity index (χ0v) is 21.7. The van der Waals surface area contributed by atoms with E-state index in [1.807, 2.05) is 6.08 Å². The number of rotatable bonds is 5. The number of Topliss-reactive ketones (excluding diaryl/α,β-unsaturated/α-hetero) is 1. The van der Waals surface area contributed by atoms with E-state index in [4.69, 9.17) is 5.73 Å². The molecule has 37 heavy (non-hydrogen) atoms. The van der Waals surface area contributed by atoms with Crippen molar-refractivity contribution in [3.05, 3.63) is 23.3 Å². The monoisotopic (exact) mass is 512 g/mol. The van der Waals surface area contributed by atoms with Crippen LogP contribution in [-0.4, -0.2) is 73.4 Å². The number of nitrogens with two attached hydrogens (primary N) is 1. The second kappa shape index (κ2) is 8.46. The molecule has 9 nitrogen and oxygen atoms in total. The molecule has 0 aromatic carbocycles. The zero-order valence-electron chi connectivity index (χ0n) is 21.7. The van der Waals surface area contributed by atoms with Crippen LogP contribution in [0.2, 0.25) is 0 Å². The lowest BCUT2D eigenvalue weighted by molar-refractivity contribution is -0.831. The Balaban J connectivity index is 1.68. The van der Waals surface area contributed by atoms with Crippen molar-refractivity contribution in [2.45, 2.75) is 57.0 Å². The number of carboxylic acids is 1. The van der Waals surface area contributed by atoms with E-state index in [9.17, 15) is 24.9 Å². The topological polar surface area (TPSA) is 153 Å². The van der Waals surface area contributed by atoms with Crippen LogP contribution in [0, 0.1) is 34.0 Å². The first-order valence-corrected chi connectivity index (χ1v) is 14.0. The molecule has 1 saturated heterocycles. The van der Waals surface area contributed by atoms with E-state index >= 15 is 0 Å². The lowest BCUT2D eigenvalue weighted by atomic mass is 9.35. The molecule has 6 N–H and O–H groups in total. The van der Waals surface area contributed by atoms with E-state index < -0.39 is 28.3 Å². The number of nitrogens with zero attached hydrogens (tertiary/aromatic N) is 1. The lowest BCUT2D eigenvalue weighted by Gasteiger charge is -2.68. The Morgan fingerprint density at radius 2 is 2.08 bits per heavy atom. The molecule has 9 heteroatoms. The molecular weight excluding hydrogens is 472 g/mol. The van der Waals surface area contributed by atoms with E-state index in [0.29, 0.717) is 38.4 Å². The van der Waals surface area contributed by atoms with Crippen LogP contribution in [-0.2, 0) is 9.59 Å². The number of aliphatic carboxylic acids is 1. The van der Waals surface area contributed by atoms with Crippen molar-refractivity contribution in [3.63, 3.8) is 0 Å². The molecule has 2 spiro atoms. The third kappa shape index (κ3) is 2.81. The molecule has 6 rings (SSSR count). The SMILES string of the molecule is CN=C(N)[NH+]1CC[C@@]2(CNCCO)C=C[C@@H]3[C@@]4(O)C(=O)CCCC[C@@H]5CC[C@@H]6CC(=C4C(=O)[O-])[C@@]53[C@]62C1. The Morgan fingerprint density at radius 1 is 1.30 bits per heavy atom. The highest BCUT2D eigenvalue weighted by Gasteiger charge is 2.84. The molecule has 1 heterocycles. The summed E-state index contributed by atoms with van der Waals surface area (Å²) in [7, 11) is 1.71. The van der Waals surface area contributed by atoms with Crippen LogP contribution in [0.25, 0.3) is 0 Å². The number of aliphatic hydroxyl groups is 2. The molecule has 6 aliphatic rings. The third-order valence-electron chi connectivity index (χ3n) is 11.5. The van der Waals surface area contributed by atoms with E-state index in [2.05, 4.69) is 16.4 Å². The molecule has 1 aliphatic heterocycles. The standard InChI is InChI=1S/C28H40N4O5/c1-30-24(29)32-12-10-25(15-31-11-13-33)9-8-20-27-17-4-2-3-5-21(34)28(20,37)22(23(35)36)19(27)14-18(7-6-17)26(25,27)16-32/h8-9,17-18,20,31,33,37H,2-7,10-16H2,1H3,(H2,29,30)(H,35,36)/t17-,18-,20+,25-,26-,27+,28-/m1/s1. The minimum atomic E-state index is -2.06. The number of guanidine groups is 1. The first-order chi connectivity index (χ1) is 17.7. The number of ketones is 1. The summed E-state index contributed by atoms with van der Waals surface area (Å²) in [5.41, 5.74) is 3.68. The highest BCUT2D eigenvalue weighted by atomic mass is 16.4. The lowest BCUT2D eigenvalue weighted by Crippen LogP contribution is -3.19. The maximum Gasteiger partial charge on any atom is 0.293 e. The molecule has 0 radical (unpaired) electrons. The first kappa shape index (κ1) is 25.2. The fourth-order valence-electron chi connectivity index (χ4n) is 10.5. The van der Waals surface area contributed by atoms with Gasteiger partial charge in [0.15, 0.2) is 11.4 Å². The number of carbonyl (C=O) groups excluding carboxylic acids is 2. The largest absolute Gasteiger partial charge is 0.545 e. The van der Waals surface area contributed by atoms with Gasteiger partial charge in [-0.25, -0.2) is 4.99 Å². The predicted octanol–water partition coefficient (Wildman–Crippen LogP) is -1.69. The molecule has 0 aromatic heterocycles. The van der Waals surface area contributed by atoms with Crippen LogP contribution in [0.15, 0.2) is 28.3 Å². The normalized spacial score (nSPS) is 46.4. The van der Waals surface area contributed by atoms with Crippen molar-refractivity contribution in [1.82, 2.24) is 5.32 Å². The molecule has 8 atom stereocenters. The summed E-state index contributed by atoms with van der Waals surface area (Å²) >= 11 is 0. The molecule has 3 saturated carbocycles. The summed E-state index contributed by atoms with van der Waals surface area (Å²) in [5.74, 6) is -1.47. The minimum absolute atomic E-state index is 0.0354. The van der Waals surface area contributed by atoms with Crippen molar-refractivity contribution < 1.29 is 29.8 Å². The van der Waals surface area contributed by atoms with Crippen molar-refractivity contribution in [2.75, 3.05) is 39.8 Å². The van der Waals surface area contributed by atoms with E-state index in [0.717, 1.165) is 49.1 Å². The molecule has 1 unspecified atom stereocenters. The summed E-state index contributed by atoms with van der Waals surface area (Å²) in [6.45, 7) is 2.64. The maximum atomic E-state index is 13.7. The number of piperidine rings is 1. The van der Waals surface area contributed by atoms with Crippen LogP contribution in [0.1, 0.15) is 51.4 Å². The van der Waals surface area contributed by atoms with Crippen molar-refractivity contribution in [1.29, 1.82) is 0 Å². The van der Waals surface area contributed by atoms with E-state index in [1.54, 1.807) is 7.05 Å². The van der Waals surface area contributed by atoms with Gasteiger partial charge in [0.25, 0.3) is 5.96 Å². The molecule has 5 aliphatic carbocycles. The van der Waals surface area contributed by atoms with Gasteiger partial charge in [-0.3, -0.25) is 9.69 Å². The van der Waals surface area contributed by atoms with Gasteiger partial charge in [0.05, 0.1) is 25.7 Å². The molecule has 4 fully saturated rings. The van der Waals surface area contributed by atoms with Gasteiger partial charge in [-0.1, -0.05) is 24.1 Å². The Morgan fingerprint density at radius 3 is 2.81 bits per heavy atom. The van der Waals surface area contributed by atoms with Gasteiger partial charge in [0.2, 0.25) is 0 Å². The van der Waals surface area contributed by atoms with Gasteiger partial charge in [0, 0.05) is 60.7 Å². The van der Waals surface area contributed by atoms with E-state index in [-0.39, 0.29) is 41.6 Å². The average molecular weight is 513 g/mol. The van der Waals surface area contributed by atoms with Crippen molar-refractivity contribution in [2.24, 2.45) is 44.7 Å². The molecular formula is C28H40N4O5. The average Bonchev–Trinajstić information content (AvgIpc) is 3.23. The Kier molecular flexibility index (Phi) is 5.77. The second-order valence-corrected chi connectivity index (χ2v) is 12.4. The number of allylic oxidation sites excluding steroid dienone is 1. The van der Waals surface area contributed by atoms with Crippen LogP contribution < -0.4 is 21.1 Å². The highest BCUT2D eigenvalue weighted by molar-refractivity contribution is 6.04. The van der Waals surface area contributed by atoms with Crippen LogP contribution >= 0.6 is 0 Å². The maximum absolute atomic E-state index is 13.7. The summed E-state index contributed by atoms with van der Waals surface area (Å²) in [5, 5.41) is 38.2. The van der Waals surface area contributed by atoms with E-state index in [1.165, 1.54) is 0 Å². The number of hydrogen-bond acceptors (Lipinski definition) is 7. The van der Waals surface area contributed by atoms with Gasteiger partial charge in [-0.05, 0) is 43.9 Å². The number of aliphatic imine (C=N–C) groups is 1. The van der Waals surface area contributed by atoms with Gasteiger partial charge < -0.3 is 31.2 Å². The number of quaternary nitrogens is 1. The predicted molar refractivity (Wildman–Crippen MR) is 134 cm³/mol. The van der Waals surface area contributed by atoms with Crippen LogP contribution in [0.5, 0.6) is 0 Å². The van der Waals surface area contributed by atoms with Gasteiger partial charge in [-0.15, -0.1) is 0 Å². The van der Waals surface area contributed by atoms with Crippen molar-refractivity contribution in [3.8, 4) is 0 Å². The zero-order chi connectivity index (χ0) is 26.2.